The summed E-state index contributed by atoms with van der Waals surface area (Å²) in [7, 11) is -3.78. The van der Waals surface area contributed by atoms with Crippen LogP contribution in [0.2, 0.25) is 0 Å². The average molecular weight is 419 g/mol. The first kappa shape index (κ1) is 18.6. The first-order valence-electron chi connectivity index (χ1n) is 8.62. The maximum absolute atomic E-state index is 12.9. The fourth-order valence-corrected chi connectivity index (χ4v) is 5.62. The normalized spacial score (nSPS) is 14.0. The van der Waals surface area contributed by atoms with Crippen LogP contribution in [0.1, 0.15) is 24.6 Å². The summed E-state index contributed by atoms with van der Waals surface area (Å²) in [6.45, 7) is 3.72. The number of sulfonamides is 1. The number of aryl methyl sites for hydroxylation is 2. The highest BCUT2D eigenvalue weighted by Crippen LogP contribution is 2.38. The number of aromatic amines is 1. The summed E-state index contributed by atoms with van der Waals surface area (Å²) in [5, 5.41) is 9.17. The number of carbonyl (C=O) groups excluding carboxylic acids is 1. The monoisotopic (exact) mass is 418 g/mol. The van der Waals surface area contributed by atoms with Crippen LogP contribution in [0.4, 0.5) is 10.8 Å². The summed E-state index contributed by atoms with van der Waals surface area (Å²) >= 11 is 1.40. The van der Waals surface area contributed by atoms with Crippen LogP contribution in [-0.2, 0) is 21.2 Å². The lowest BCUT2D eigenvalue weighted by Crippen LogP contribution is -2.36. The quantitative estimate of drug-likeness (QED) is 0.671. The van der Waals surface area contributed by atoms with Gasteiger partial charge in [-0.2, -0.15) is 13.5 Å². The molecule has 3 aromatic rings. The number of anilines is 2. The summed E-state index contributed by atoms with van der Waals surface area (Å²) < 4.78 is 27.1. The minimum absolute atomic E-state index is 0.164. The average Bonchev–Trinajstić information content (AvgIpc) is 3.30. The van der Waals surface area contributed by atoms with Crippen molar-refractivity contribution in [3.05, 3.63) is 35.8 Å². The van der Waals surface area contributed by atoms with Gasteiger partial charge in [0.2, 0.25) is 5.91 Å². The number of hydrogen-bond acceptors (Lipinski definition) is 7. The van der Waals surface area contributed by atoms with E-state index >= 15 is 0 Å². The van der Waals surface area contributed by atoms with Crippen molar-refractivity contribution in [2.75, 3.05) is 16.2 Å². The number of H-pyrrole nitrogens is 1. The van der Waals surface area contributed by atoms with Crippen molar-refractivity contribution in [1.82, 2.24) is 20.2 Å². The molecule has 0 bridgehead atoms. The van der Waals surface area contributed by atoms with Gasteiger partial charge in [0.05, 0.1) is 16.3 Å². The van der Waals surface area contributed by atoms with Crippen molar-refractivity contribution in [1.29, 1.82) is 0 Å². The zero-order valence-electron chi connectivity index (χ0n) is 15.3. The molecule has 4 rings (SSSR count). The van der Waals surface area contributed by atoms with Gasteiger partial charge in [0.15, 0.2) is 5.13 Å². The Morgan fingerprint density at radius 2 is 2.18 bits per heavy atom. The number of aromatic nitrogens is 4. The molecule has 0 atom stereocenters. The zero-order valence-corrected chi connectivity index (χ0v) is 16.9. The molecule has 0 radical (unpaired) electrons. The summed E-state index contributed by atoms with van der Waals surface area (Å²) in [4.78, 5) is 20.4. The maximum Gasteiger partial charge on any atom is 0.299 e. The fraction of sp³-hybridized carbons (Fsp3) is 0.294. The lowest BCUT2D eigenvalue weighted by molar-refractivity contribution is -0.114. The Balaban J connectivity index is 1.72. The Bertz CT molecular complexity index is 1140. The highest BCUT2D eigenvalue weighted by Gasteiger charge is 2.31. The molecule has 0 saturated carbocycles. The van der Waals surface area contributed by atoms with E-state index in [0.717, 1.165) is 28.1 Å². The molecule has 1 amide bonds. The van der Waals surface area contributed by atoms with Gasteiger partial charge in [0.1, 0.15) is 6.33 Å². The molecule has 0 unspecified atom stereocenters. The van der Waals surface area contributed by atoms with Gasteiger partial charge in [-0.05, 0) is 43.0 Å². The number of thiazole rings is 1. The van der Waals surface area contributed by atoms with Gasteiger partial charge >= 0.3 is 0 Å². The fourth-order valence-electron chi connectivity index (χ4n) is 3.24. The van der Waals surface area contributed by atoms with Crippen LogP contribution in [0.3, 0.4) is 0 Å². The van der Waals surface area contributed by atoms with E-state index in [4.69, 9.17) is 0 Å². The molecule has 0 aliphatic carbocycles. The predicted octanol–water partition coefficient (Wildman–Crippen LogP) is 2.34. The topological polar surface area (TPSA) is 121 Å². The van der Waals surface area contributed by atoms with E-state index in [-0.39, 0.29) is 11.1 Å². The van der Waals surface area contributed by atoms with Crippen molar-refractivity contribution in [2.24, 2.45) is 0 Å². The van der Waals surface area contributed by atoms with E-state index in [1.165, 1.54) is 28.9 Å². The molecule has 0 saturated heterocycles. The summed E-state index contributed by atoms with van der Waals surface area (Å²) in [6, 6.07) is 5.69. The predicted molar refractivity (Wildman–Crippen MR) is 106 cm³/mol. The number of nitrogens with zero attached hydrogens (tertiary/aromatic N) is 4. The second kappa shape index (κ2) is 6.99. The number of hydrogen-bond donors (Lipinski definition) is 2. The third-order valence-corrected chi connectivity index (χ3v) is 7.19. The van der Waals surface area contributed by atoms with Crippen LogP contribution in [0, 0.1) is 6.92 Å². The summed E-state index contributed by atoms with van der Waals surface area (Å²) in [5.74, 6) is -0.168. The highest BCUT2D eigenvalue weighted by molar-refractivity contribution is 7.92. The highest BCUT2D eigenvalue weighted by atomic mass is 32.2. The van der Waals surface area contributed by atoms with Gasteiger partial charge in [-0.1, -0.05) is 17.4 Å². The molecule has 0 fully saturated rings. The minimum Gasteiger partial charge on any atom is -0.302 e. The Morgan fingerprint density at radius 1 is 1.36 bits per heavy atom. The Labute approximate surface area is 165 Å². The second-order valence-electron chi connectivity index (χ2n) is 6.43. The largest absolute Gasteiger partial charge is 0.302 e. The van der Waals surface area contributed by atoms with Gasteiger partial charge in [0.25, 0.3) is 15.2 Å². The van der Waals surface area contributed by atoms with E-state index in [2.05, 4.69) is 25.5 Å². The van der Waals surface area contributed by atoms with Crippen molar-refractivity contribution in [3.8, 4) is 10.4 Å². The summed E-state index contributed by atoms with van der Waals surface area (Å²) in [6.07, 6.45) is 2.67. The van der Waals surface area contributed by atoms with Crippen LogP contribution in [0.5, 0.6) is 0 Å². The van der Waals surface area contributed by atoms with E-state index in [1.807, 2.05) is 25.1 Å². The Kier molecular flexibility index (Phi) is 4.63. The second-order valence-corrected chi connectivity index (χ2v) is 9.21. The van der Waals surface area contributed by atoms with Gasteiger partial charge in [0, 0.05) is 13.5 Å². The Morgan fingerprint density at radius 3 is 2.89 bits per heavy atom. The molecular weight excluding hydrogens is 400 g/mol. The molecule has 28 heavy (non-hydrogen) atoms. The van der Waals surface area contributed by atoms with Crippen LogP contribution in [0.15, 0.2) is 29.7 Å². The number of benzene rings is 1. The van der Waals surface area contributed by atoms with E-state index in [9.17, 15) is 13.2 Å². The molecule has 9 nitrogen and oxygen atoms in total. The standard InChI is InChI=1S/C17H18N6O3S2/c1-10-15(27-16(20-10)21-11(2)24)13-5-6-14-12(8-13)4-3-7-23(14)28(25,26)17-18-9-19-22-17/h5-6,8-9H,3-4,7H2,1-2H3,(H,18,19,22)(H,20,21,24). The van der Waals surface area contributed by atoms with Crippen molar-refractivity contribution < 1.29 is 13.2 Å². The maximum atomic E-state index is 12.9. The Hall–Kier alpha value is -2.79. The zero-order chi connectivity index (χ0) is 19.9. The molecule has 146 valence electrons. The first-order chi connectivity index (χ1) is 13.4. The lowest BCUT2D eigenvalue weighted by Gasteiger charge is -2.29. The molecule has 11 heteroatoms. The van der Waals surface area contributed by atoms with Crippen LogP contribution >= 0.6 is 11.3 Å². The smallest absolute Gasteiger partial charge is 0.299 e. The SMILES string of the molecule is CC(=O)Nc1nc(C)c(-c2ccc3c(c2)CCCN3S(=O)(=O)c2ncn[nH]2)s1. The van der Waals surface area contributed by atoms with Crippen LogP contribution in [0.25, 0.3) is 10.4 Å². The molecule has 1 aromatic carbocycles. The first-order valence-corrected chi connectivity index (χ1v) is 10.9. The molecule has 1 aliphatic rings. The number of amides is 1. The van der Waals surface area contributed by atoms with Gasteiger partial charge in [-0.3, -0.25) is 9.10 Å². The third kappa shape index (κ3) is 3.27. The van der Waals surface area contributed by atoms with Crippen LogP contribution in [-0.4, -0.2) is 41.0 Å². The van der Waals surface area contributed by atoms with Gasteiger partial charge in [-0.15, -0.1) is 0 Å². The third-order valence-electron chi connectivity index (χ3n) is 4.42. The number of carbonyl (C=O) groups is 1. The minimum atomic E-state index is -3.78. The number of rotatable bonds is 4. The van der Waals surface area contributed by atoms with Crippen molar-refractivity contribution >= 4 is 38.1 Å². The number of fused-ring (bicyclic) bond motifs is 1. The lowest BCUT2D eigenvalue weighted by atomic mass is 10.00. The molecule has 2 N–H and O–H groups in total. The number of nitrogens with one attached hydrogen (secondary N) is 2. The van der Waals surface area contributed by atoms with Crippen molar-refractivity contribution in [3.63, 3.8) is 0 Å². The molecular formula is C17H18N6O3S2. The molecule has 0 spiro atoms. The van der Waals surface area contributed by atoms with E-state index in [0.29, 0.717) is 23.8 Å². The van der Waals surface area contributed by atoms with E-state index in [1.54, 1.807) is 0 Å². The molecule has 2 aromatic heterocycles. The molecule has 3 heterocycles. The van der Waals surface area contributed by atoms with Gasteiger partial charge in [-0.25, -0.2) is 15.1 Å². The van der Waals surface area contributed by atoms with Crippen LogP contribution < -0.4 is 9.62 Å². The van der Waals surface area contributed by atoms with Crippen molar-refractivity contribution in [2.45, 2.75) is 31.8 Å². The summed E-state index contributed by atoms with van der Waals surface area (Å²) in [5.41, 5.74) is 3.36. The van der Waals surface area contributed by atoms with E-state index < -0.39 is 10.0 Å². The van der Waals surface area contributed by atoms with Gasteiger partial charge < -0.3 is 5.32 Å². The molecule has 1 aliphatic heterocycles.